The molecule has 0 aromatic heterocycles. The average Bonchev–Trinajstić information content (AvgIpc) is 2.21. The number of hydrogen-bond donors (Lipinski definition) is 2. The second-order valence-corrected chi connectivity index (χ2v) is 6.60. The van der Waals surface area contributed by atoms with Crippen molar-refractivity contribution >= 4 is 28.4 Å². The first-order valence-corrected chi connectivity index (χ1v) is 7.79. The molecule has 1 rings (SSSR count). The second kappa shape index (κ2) is 6.46. The van der Waals surface area contributed by atoms with E-state index in [1.807, 2.05) is 0 Å². The molecule has 1 N–H and O–H groups in total. The summed E-state index contributed by atoms with van der Waals surface area (Å²) in [5.74, 6) is 0.743. The zero-order valence-corrected chi connectivity index (χ0v) is 10.9. The van der Waals surface area contributed by atoms with Crippen LogP contribution < -0.4 is 4.90 Å². The number of rotatable bonds is 5. The third-order valence-electron chi connectivity index (χ3n) is 2.57. The Kier molecular flexibility index (Phi) is 5.57. The van der Waals surface area contributed by atoms with Crippen LogP contribution in [0.3, 0.4) is 0 Å². The van der Waals surface area contributed by atoms with Gasteiger partial charge in [0.15, 0.2) is 9.84 Å². The van der Waals surface area contributed by atoms with Gasteiger partial charge in [-0.2, -0.15) is 12.6 Å². The molecule has 0 aliphatic carbocycles. The first kappa shape index (κ1) is 13.8. The molecule has 0 saturated carbocycles. The average molecular weight is 268 g/mol. The molecule has 0 spiro atoms. The van der Waals surface area contributed by atoms with E-state index in [2.05, 4.69) is 12.6 Å². The Morgan fingerprint density at radius 3 is 2.50 bits per heavy atom. The van der Waals surface area contributed by atoms with E-state index in [1.165, 1.54) is 4.90 Å². The predicted molar refractivity (Wildman–Crippen MR) is 63.6 cm³/mol. The molecule has 0 radical (unpaired) electrons. The van der Waals surface area contributed by atoms with E-state index in [9.17, 15) is 13.2 Å². The molecule has 1 fully saturated rings. The topological polar surface area (TPSA) is 64.9 Å². The van der Waals surface area contributed by atoms with Gasteiger partial charge in [-0.1, -0.05) is 0 Å². The highest BCUT2D eigenvalue weighted by molar-refractivity contribution is 7.91. The summed E-state index contributed by atoms with van der Waals surface area (Å²) in [5.41, 5.74) is 0. The summed E-state index contributed by atoms with van der Waals surface area (Å²) in [4.78, 5) is 12.2. The molecular weight excluding hydrogens is 250 g/mol. The van der Waals surface area contributed by atoms with Gasteiger partial charge in [-0.25, -0.2) is 8.42 Å². The lowest BCUT2D eigenvalue weighted by molar-refractivity contribution is -0.896. The van der Waals surface area contributed by atoms with Gasteiger partial charge < -0.3 is 9.64 Å². The zero-order chi connectivity index (χ0) is 12.0. The van der Waals surface area contributed by atoms with Crippen LogP contribution >= 0.6 is 12.6 Å². The van der Waals surface area contributed by atoms with E-state index in [-0.39, 0.29) is 17.5 Å². The number of ether oxygens (including phenoxy) is 1. The third kappa shape index (κ3) is 5.18. The van der Waals surface area contributed by atoms with E-state index >= 15 is 0 Å². The molecule has 0 atom stereocenters. The molecule has 16 heavy (non-hydrogen) atoms. The van der Waals surface area contributed by atoms with Crippen molar-refractivity contribution in [3.05, 3.63) is 0 Å². The fourth-order valence-electron chi connectivity index (χ4n) is 1.55. The molecule has 0 amide bonds. The molecule has 1 heterocycles. The summed E-state index contributed by atoms with van der Waals surface area (Å²) in [6.45, 7) is 2.29. The summed E-state index contributed by atoms with van der Waals surface area (Å²) in [6, 6.07) is 0. The van der Waals surface area contributed by atoms with Gasteiger partial charge in [-0.3, -0.25) is 4.79 Å². The molecule has 1 aliphatic rings. The normalized spacial score (nSPS) is 20.6. The van der Waals surface area contributed by atoms with Gasteiger partial charge in [-0.15, -0.1) is 0 Å². The minimum atomic E-state index is -2.80. The van der Waals surface area contributed by atoms with Crippen molar-refractivity contribution in [2.45, 2.75) is 6.42 Å². The first-order valence-electron chi connectivity index (χ1n) is 5.34. The number of thiol groups is 1. The Labute approximate surface area is 101 Å². The van der Waals surface area contributed by atoms with Gasteiger partial charge in [0.05, 0.1) is 31.0 Å². The maximum atomic E-state index is 11.2. The van der Waals surface area contributed by atoms with E-state index in [0.717, 1.165) is 0 Å². The van der Waals surface area contributed by atoms with Crippen LogP contribution in [-0.2, 0) is 19.4 Å². The fourth-order valence-corrected chi connectivity index (χ4v) is 3.14. The molecule has 94 valence electrons. The van der Waals surface area contributed by atoms with Crippen molar-refractivity contribution in [3.8, 4) is 0 Å². The quantitative estimate of drug-likeness (QED) is 0.454. The van der Waals surface area contributed by atoms with Crippen LogP contribution in [0.1, 0.15) is 6.42 Å². The Balaban J connectivity index is 2.13. The van der Waals surface area contributed by atoms with Crippen LogP contribution in [0.15, 0.2) is 0 Å². The first-order chi connectivity index (χ1) is 7.53. The van der Waals surface area contributed by atoms with Crippen molar-refractivity contribution in [3.63, 3.8) is 0 Å². The van der Waals surface area contributed by atoms with Crippen molar-refractivity contribution in [1.82, 2.24) is 0 Å². The number of sulfone groups is 1. The molecule has 5 nitrogen and oxygen atoms in total. The summed E-state index contributed by atoms with van der Waals surface area (Å²) in [6.07, 6.45) is 0.326. The van der Waals surface area contributed by atoms with Gasteiger partial charge in [0, 0.05) is 5.75 Å². The lowest BCUT2D eigenvalue weighted by Crippen LogP contribution is -3.14. The summed E-state index contributed by atoms with van der Waals surface area (Å²) in [5, 5.41) is 0. The van der Waals surface area contributed by atoms with Gasteiger partial charge >= 0.3 is 5.97 Å². The number of carbonyl (C=O) groups excluding carboxylic acids is 1. The van der Waals surface area contributed by atoms with Crippen molar-refractivity contribution in [1.29, 1.82) is 0 Å². The van der Waals surface area contributed by atoms with E-state index in [4.69, 9.17) is 4.74 Å². The van der Waals surface area contributed by atoms with Crippen molar-refractivity contribution < 1.29 is 22.8 Å². The van der Waals surface area contributed by atoms with Crippen molar-refractivity contribution in [2.24, 2.45) is 0 Å². The number of nitrogens with one attached hydrogen (secondary N) is 1. The lowest BCUT2D eigenvalue weighted by atomic mass is 10.4. The predicted octanol–water partition coefficient (Wildman–Crippen LogP) is -1.84. The van der Waals surface area contributed by atoms with E-state index < -0.39 is 9.84 Å². The van der Waals surface area contributed by atoms with Crippen molar-refractivity contribution in [2.75, 3.05) is 43.5 Å². The monoisotopic (exact) mass is 268 g/mol. The van der Waals surface area contributed by atoms with Crippen LogP contribution in [-0.4, -0.2) is 57.9 Å². The molecule has 1 aliphatic heterocycles. The minimum absolute atomic E-state index is 0.237. The number of hydrogen-bond acceptors (Lipinski definition) is 5. The Bertz CT molecular complexity index is 314. The molecule has 7 heteroatoms. The van der Waals surface area contributed by atoms with Crippen LogP contribution in [0.2, 0.25) is 0 Å². The lowest BCUT2D eigenvalue weighted by Gasteiger charge is -2.23. The highest BCUT2D eigenvalue weighted by Gasteiger charge is 2.24. The fraction of sp³-hybridized carbons (Fsp3) is 0.889. The molecular formula is C9H18NO4S2+. The Morgan fingerprint density at radius 2 is 1.94 bits per heavy atom. The standard InChI is InChI=1S/C9H17NO4S2/c11-9(1-6-15)14-5-2-10-3-7-16(12,13)8-4-10/h15H,1-8H2/p+1. The van der Waals surface area contributed by atoms with Gasteiger partial charge in [0.25, 0.3) is 0 Å². The summed E-state index contributed by atoms with van der Waals surface area (Å²) >= 11 is 3.93. The second-order valence-electron chi connectivity index (χ2n) is 3.85. The maximum absolute atomic E-state index is 11.2. The summed E-state index contributed by atoms with van der Waals surface area (Å²) < 4.78 is 27.3. The number of esters is 1. The number of quaternary nitrogens is 1. The van der Waals surface area contributed by atoms with E-state index in [0.29, 0.717) is 38.4 Å². The van der Waals surface area contributed by atoms with Crippen LogP contribution in [0, 0.1) is 0 Å². The molecule has 0 bridgehead atoms. The smallest absolute Gasteiger partial charge is 0.306 e. The Hall–Kier alpha value is -0.270. The Morgan fingerprint density at radius 1 is 1.31 bits per heavy atom. The van der Waals surface area contributed by atoms with E-state index in [1.54, 1.807) is 0 Å². The summed E-state index contributed by atoms with van der Waals surface area (Å²) in [7, 11) is -2.80. The van der Waals surface area contributed by atoms with Crippen LogP contribution in [0.4, 0.5) is 0 Å². The highest BCUT2D eigenvalue weighted by Crippen LogP contribution is 1.90. The highest BCUT2D eigenvalue weighted by atomic mass is 32.2. The molecule has 0 unspecified atom stereocenters. The zero-order valence-electron chi connectivity index (χ0n) is 9.15. The molecule has 0 aromatic carbocycles. The van der Waals surface area contributed by atoms with Gasteiger partial charge in [0.1, 0.15) is 13.2 Å². The minimum Gasteiger partial charge on any atom is -0.460 e. The largest absolute Gasteiger partial charge is 0.460 e. The third-order valence-corrected chi connectivity index (χ3v) is 4.44. The van der Waals surface area contributed by atoms with Crippen LogP contribution in [0.5, 0.6) is 0 Å². The molecule has 1 saturated heterocycles. The van der Waals surface area contributed by atoms with Gasteiger partial charge in [0.2, 0.25) is 0 Å². The number of carbonyl (C=O) groups is 1. The SMILES string of the molecule is O=C(CCS)OCC[NH+]1CCS(=O)(=O)CC1. The maximum Gasteiger partial charge on any atom is 0.306 e. The van der Waals surface area contributed by atoms with Gasteiger partial charge in [-0.05, 0) is 0 Å². The van der Waals surface area contributed by atoms with Crippen LogP contribution in [0.25, 0.3) is 0 Å². The molecule has 0 aromatic rings.